The summed E-state index contributed by atoms with van der Waals surface area (Å²) in [5, 5.41) is 3.34. The van der Waals surface area contributed by atoms with Crippen molar-refractivity contribution >= 4 is 0 Å². The number of likely N-dealkylation sites (N-methyl/N-ethyl adjacent to an activating group) is 1. The summed E-state index contributed by atoms with van der Waals surface area (Å²) in [7, 11) is 1.98. The summed E-state index contributed by atoms with van der Waals surface area (Å²) in [6.07, 6.45) is 1.11. The highest BCUT2D eigenvalue weighted by Crippen LogP contribution is 2.18. The van der Waals surface area contributed by atoms with Gasteiger partial charge in [0.25, 0.3) is 0 Å². The van der Waals surface area contributed by atoms with E-state index in [1.807, 2.05) is 37.4 Å². The topological polar surface area (TPSA) is 21.3 Å². The smallest absolute Gasteiger partial charge is 0.119 e. The minimum absolute atomic E-state index is 0.206. The summed E-state index contributed by atoms with van der Waals surface area (Å²) >= 11 is 0. The van der Waals surface area contributed by atoms with E-state index in [1.165, 1.54) is 11.1 Å². The third-order valence-electron chi connectivity index (χ3n) is 3.51. The largest absolute Gasteiger partial charge is 0.492 e. The van der Waals surface area contributed by atoms with Crippen LogP contribution >= 0.6 is 0 Å². The van der Waals surface area contributed by atoms with Gasteiger partial charge in [0.1, 0.15) is 12.4 Å². The highest BCUT2D eigenvalue weighted by atomic mass is 16.5. The molecular formula is C19H25NO. The number of hydrogen-bond acceptors (Lipinski definition) is 2. The number of ether oxygens (including phenoxy) is 1. The predicted molar refractivity (Wildman–Crippen MR) is 88.7 cm³/mol. The molecule has 21 heavy (non-hydrogen) atoms. The zero-order valence-electron chi connectivity index (χ0n) is 13.2. The Labute approximate surface area is 128 Å². The molecule has 0 saturated carbocycles. The van der Waals surface area contributed by atoms with Crippen LogP contribution in [0.2, 0.25) is 0 Å². The van der Waals surface area contributed by atoms with Gasteiger partial charge in [-0.15, -0.1) is 0 Å². The lowest BCUT2D eigenvalue weighted by molar-refractivity contribution is 0.273. The quantitative estimate of drug-likeness (QED) is 0.821. The molecule has 112 valence electrons. The first-order valence-electron chi connectivity index (χ1n) is 7.63. The Bertz CT molecular complexity index is 536. The van der Waals surface area contributed by atoms with Gasteiger partial charge in [-0.3, -0.25) is 0 Å². The van der Waals surface area contributed by atoms with Crippen molar-refractivity contribution in [1.82, 2.24) is 5.32 Å². The Kier molecular flexibility index (Phi) is 5.82. The summed E-state index contributed by atoms with van der Waals surface area (Å²) < 4.78 is 5.87. The van der Waals surface area contributed by atoms with E-state index >= 15 is 0 Å². The zero-order chi connectivity index (χ0) is 15.1. The molecule has 0 aliphatic rings. The maximum Gasteiger partial charge on any atom is 0.119 e. The molecule has 0 bridgehead atoms. The zero-order valence-corrected chi connectivity index (χ0v) is 13.2. The molecule has 2 heteroatoms. The first-order chi connectivity index (χ1) is 10.2. The van der Waals surface area contributed by atoms with E-state index in [9.17, 15) is 0 Å². The maximum absolute atomic E-state index is 5.87. The third kappa shape index (κ3) is 4.91. The first-order valence-corrected chi connectivity index (χ1v) is 7.63. The lowest BCUT2D eigenvalue weighted by atomic mass is 9.98. The fourth-order valence-electron chi connectivity index (χ4n) is 2.45. The van der Waals surface area contributed by atoms with Gasteiger partial charge in [-0.05, 0) is 42.6 Å². The molecule has 0 aromatic heterocycles. The van der Waals surface area contributed by atoms with Crippen LogP contribution in [0.1, 0.15) is 31.0 Å². The molecular weight excluding hydrogens is 258 g/mol. The average molecular weight is 283 g/mol. The van der Waals surface area contributed by atoms with Gasteiger partial charge in [0.15, 0.2) is 0 Å². The normalized spacial score (nSPS) is 12.4. The van der Waals surface area contributed by atoms with Crippen LogP contribution in [-0.4, -0.2) is 13.7 Å². The summed E-state index contributed by atoms with van der Waals surface area (Å²) in [6.45, 7) is 5.13. The molecule has 0 amide bonds. The Balaban J connectivity index is 2.03. The van der Waals surface area contributed by atoms with Crippen LogP contribution < -0.4 is 10.1 Å². The SMILES string of the molecule is CNC(COc1ccccc1)c1cccc(CC(C)C)c1. The predicted octanol–water partition coefficient (Wildman–Crippen LogP) is 4.22. The molecule has 2 aromatic carbocycles. The van der Waals surface area contributed by atoms with Gasteiger partial charge in [-0.25, -0.2) is 0 Å². The highest BCUT2D eigenvalue weighted by molar-refractivity contribution is 5.27. The summed E-state index contributed by atoms with van der Waals surface area (Å²) in [5.74, 6) is 1.59. The van der Waals surface area contributed by atoms with Gasteiger partial charge in [-0.2, -0.15) is 0 Å². The molecule has 2 rings (SSSR count). The van der Waals surface area contributed by atoms with Gasteiger partial charge < -0.3 is 10.1 Å². The molecule has 2 aromatic rings. The second-order valence-corrected chi connectivity index (χ2v) is 5.81. The van der Waals surface area contributed by atoms with E-state index in [0.717, 1.165) is 12.2 Å². The van der Waals surface area contributed by atoms with E-state index in [0.29, 0.717) is 12.5 Å². The molecule has 0 saturated heterocycles. The molecule has 0 spiro atoms. The summed E-state index contributed by atoms with van der Waals surface area (Å²) in [5.41, 5.74) is 2.68. The monoisotopic (exact) mass is 283 g/mol. The van der Waals surface area contributed by atoms with Crippen molar-refractivity contribution < 1.29 is 4.74 Å². The Hall–Kier alpha value is -1.80. The number of para-hydroxylation sites is 1. The van der Waals surface area contributed by atoms with Gasteiger partial charge >= 0.3 is 0 Å². The van der Waals surface area contributed by atoms with Crippen LogP contribution in [-0.2, 0) is 6.42 Å². The second kappa shape index (κ2) is 7.84. The van der Waals surface area contributed by atoms with Gasteiger partial charge in [0.2, 0.25) is 0 Å². The standard InChI is InChI=1S/C19H25NO/c1-15(2)12-16-8-7-9-17(13-16)19(20-3)14-21-18-10-5-4-6-11-18/h4-11,13,15,19-20H,12,14H2,1-3H3. The molecule has 1 atom stereocenters. The molecule has 0 aliphatic heterocycles. The van der Waals surface area contributed by atoms with E-state index < -0.39 is 0 Å². The third-order valence-corrected chi connectivity index (χ3v) is 3.51. The van der Waals surface area contributed by atoms with Crippen molar-refractivity contribution in [3.63, 3.8) is 0 Å². The molecule has 0 radical (unpaired) electrons. The van der Waals surface area contributed by atoms with Crippen molar-refractivity contribution in [2.75, 3.05) is 13.7 Å². The van der Waals surface area contributed by atoms with Crippen LogP contribution in [0.4, 0.5) is 0 Å². The first kappa shape index (κ1) is 15.6. The van der Waals surface area contributed by atoms with Gasteiger partial charge in [-0.1, -0.05) is 56.3 Å². The molecule has 0 heterocycles. The van der Waals surface area contributed by atoms with Crippen LogP contribution in [0, 0.1) is 5.92 Å². The fraction of sp³-hybridized carbons (Fsp3) is 0.368. The van der Waals surface area contributed by atoms with E-state index in [-0.39, 0.29) is 6.04 Å². The Morgan fingerprint density at radius 1 is 1.00 bits per heavy atom. The lowest BCUT2D eigenvalue weighted by Crippen LogP contribution is -2.23. The van der Waals surface area contributed by atoms with Crippen molar-refractivity contribution in [2.45, 2.75) is 26.3 Å². The minimum Gasteiger partial charge on any atom is -0.492 e. The molecule has 1 N–H and O–H groups in total. The minimum atomic E-state index is 0.206. The molecule has 0 aliphatic carbocycles. The van der Waals surface area contributed by atoms with E-state index in [2.05, 4.69) is 43.4 Å². The molecule has 1 unspecified atom stereocenters. The van der Waals surface area contributed by atoms with Crippen molar-refractivity contribution in [1.29, 1.82) is 0 Å². The van der Waals surface area contributed by atoms with E-state index in [1.54, 1.807) is 0 Å². The molecule has 0 fully saturated rings. The number of nitrogens with one attached hydrogen (secondary N) is 1. The van der Waals surface area contributed by atoms with Crippen molar-refractivity contribution in [2.24, 2.45) is 5.92 Å². The van der Waals surface area contributed by atoms with Crippen LogP contribution in [0.25, 0.3) is 0 Å². The number of rotatable bonds is 7. The number of hydrogen-bond donors (Lipinski definition) is 1. The fourth-order valence-corrected chi connectivity index (χ4v) is 2.45. The Morgan fingerprint density at radius 3 is 2.43 bits per heavy atom. The Morgan fingerprint density at radius 2 is 1.76 bits per heavy atom. The molecule has 2 nitrogen and oxygen atoms in total. The van der Waals surface area contributed by atoms with Crippen molar-refractivity contribution in [3.8, 4) is 5.75 Å². The summed E-state index contributed by atoms with van der Waals surface area (Å²) in [4.78, 5) is 0. The van der Waals surface area contributed by atoms with Crippen LogP contribution in [0.3, 0.4) is 0 Å². The van der Waals surface area contributed by atoms with Gasteiger partial charge in [0.05, 0.1) is 6.04 Å². The summed E-state index contributed by atoms with van der Waals surface area (Å²) in [6, 6.07) is 19.0. The van der Waals surface area contributed by atoms with Crippen LogP contribution in [0.5, 0.6) is 5.75 Å². The number of benzene rings is 2. The van der Waals surface area contributed by atoms with Crippen LogP contribution in [0.15, 0.2) is 54.6 Å². The van der Waals surface area contributed by atoms with E-state index in [4.69, 9.17) is 4.74 Å². The van der Waals surface area contributed by atoms with Crippen molar-refractivity contribution in [3.05, 3.63) is 65.7 Å². The van der Waals surface area contributed by atoms with Gasteiger partial charge in [0, 0.05) is 0 Å². The maximum atomic E-state index is 5.87. The average Bonchev–Trinajstić information content (AvgIpc) is 2.49. The highest BCUT2D eigenvalue weighted by Gasteiger charge is 2.11. The lowest BCUT2D eigenvalue weighted by Gasteiger charge is -2.18. The second-order valence-electron chi connectivity index (χ2n) is 5.81.